The number of benzene rings is 8. The van der Waals surface area contributed by atoms with Crippen LogP contribution in [0.4, 0.5) is 17.1 Å². The van der Waals surface area contributed by atoms with Gasteiger partial charge in [0.2, 0.25) is 0 Å². The van der Waals surface area contributed by atoms with Crippen molar-refractivity contribution in [2.45, 2.75) is 42.9 Å². The van der Waals surface area contributed by atoms with Crippen LogP contribution in [0.25, 0.3) is 33.4 Å². The van der Waals surface area contributed by atoms with Gasteiger partial charge in [-0.2, -0.15) is 0 Å². The number of allylic oxidation sites excluding steroid dienone is 8. The Morgan fingerprint density at radius 3 is 1.67 bits per heavy atom. The summed E-state index contributed by atoms with van der Waals surface area (Å²) in [6.07, 6.45) is 10.8. The number of rotatable bonds is 4. The fraction of sp³-hybridized carbons (Fsp3) is 0.108. The zero-order valence-corrected chi connectivity index (χ0v) is 37.1. The van der Waals surface area contributed by atoms with Crippen molar-refractivity contribution in [1.82, 2.24) is 0 Å². The number of para-hydroxylation sites is 1. The zero-order chi connectivity index (χ0) is 43.8. The SMILES string of the molecule is Cc1ccc2c(c1)C1(C3=C2C=CC#CC3)C2=C(C=CCC2(C)c2ccc(N(c3ccccc3)c3ccc4c(c3)C3(c5ccccc5-c5ccccc53)c3ccccc3-4)cc2)c2ccccc21. The first kappa shape index (κ1) is 37.5. The monoisotopic (exact) mass is 839 g/mol. The molecule has 0 bridgehead atoms. The van der Waals surface area contributed by atoms with Gasteiger partial charge in [0.1, 0.15) is 0 Å². The number of fused-ring (bicyclic) bond motifs is 18. The maximum absolute atomic E-state index is 3.57. The topological polar surface area (TPSA) is 3.24 Å². The van der Waals surface area contributed by atoms with E-state index in [2.05, 4.69) is 243 Å². The summed E-state index contributed by atoms with van der Waals surface area (Å²) in [4.78, 5) is 2.46. The van der Waals surface area contributed by atoms with Crippen molar-refractivity contribution >= 4 is 28.2 Å². The fourth-order valence-electron chi connectivity index (χ4n) is 13.5. The smallest absolute Gasteiger partial charge is 0.0726 e. The lowest BCUT2D eigenvalue weighted by atomic mass is 9.57. The van der Waals surface area contributed by atoms with E-state index in [0.29, 0.717) is 0 Å². The summed E-state index contributed by atoms with van der Waals surface area (Å²) in [5.74, 6) is 6.92. The van der Waals surface area contributed by atoms with Crippen LogP contribution in [0.5, 0.6) is 0 Å². The van der Waals surface area contributed by atoms with Gasteiger partial charge in [-0.1, -0.05) is 188 Å². The summed E-state index contributed by atoms with van der Waals surface area (Å²) in [5, 5.41) is 0. The summed E-state index contributed by atoms with van der Waals surface area (Å²) in [6.45, 7) is 4.75. The van der Waals surface area contributed by atoms with Crippen molar-refractivity contribution in [3.05, 3.63) is 279 Å². The summed E-state index contributed by atoms with van der Waals surface area (Å²) in [6, 6.07) is 71.2. The highest BCUT2D eigenvalue weighted by Crippen LogP contribution is 2.68. The molecular formula is C65H45N. The second kappa shape index (κ2) is 13.6. The molecule has 2 atom stereocenters. The molecule has 1 nitrogen and oxygen atoms in total. The Hall–Kier alpha value is -7.92. The van der Waals surface area contributed by atoms with Crippen molar-refractivity contribution in [1.29, 1.82) is 0 Å². The third kappa shape index (κ3) is 4.66. The molecule has 14 rings (SSSR count). The molecule has 310 valence electrons. The minimum Gasteiger partial charge on any atom is -0.310 e. The van der Waals surface area contributed by atoms with Crippen LogP contribution in [-0.2, 0) is 16.2 Å². The third-order valence-electron chi connectivity index (χ3n) is 16.0. The molecule has 0 aromatic heterocycles. The van der Waals surface area contributed by atoms with Crippen molar-refractivity contribution in [2.75, 3.05) is 4.90 Å². The average molecular weight is 840 g/mol. The van der Waals surface area contributed by atoms with Crippen molar-refractivity contribution in [2.24, 2.45) is 0 Å². The molecule has 0 fully saturated rings. The quantitative estimate of drug-likeness (QED) is 0.160. The van der Waals surface area contributed by atoms with Crippen LogP contribution in [-0.4, -0.2) is 0 Å². The van der Waals surface area contributed by atoms with Gasteiger partial charge in [-0.05, 0) is 157 Å². The van der Waals surface area contributed by atoms with Gasteiger partial charge in [0.15, 0.2) is 0 Å². The molecule has 8 aromatic rings. The van der Waals surface area contributed by atoms with E-state index in [0.717, 1.165) is 29.9 Å². The summed E-state index contributed by atoms with van der Waals surface area (Å²) >= 11 is 0. The van der Waals surface area contributed by atoms with Gasteiger partial charge in [-0.25, -0.2) is 0 Å². The van der Waals surface area contributed by atoms with Gasteiger partial charge in [0.05, 0.1) is 10.8 Å². The molecule has 6 aliphatic carbocycles. The number of hydrogen-bond donors (Lipinski definition) is 0. The van der Waals surface area contributed by atoms with Crippen LogP contribution >= 0.6 is 0 Å². The van der Waals surface area contributed by atoms with E-state index in [1.54, 1.807) is 0 Å². The van der Waals surface area contributed by atoms with Crippen LogP contribution in [0, 0.1) is 18.8 Å². The van der Waals surface area contributed by atoms with E-state index in [-0.39, 0.29) is 5.41 Å². The molecule has 8 aromatic carbocycles. The molecule has 0 N–H and O–H groups in total. The van der Waals surface area contributed by atoms with Gasteiger partial charge in [0, 0.05) is 28.9 Å². The van der Waals surface area contributed by atoms with Crippen LogP contribution in [0.3, 0.4) is 0 Å². The van der Waals surface area contributed by atoms with Crippen LogP contribution in [0.15, 0.2) is 224 Å². The van der Waals surface area contributed by atoms with Gasteiger partial charge in [-0.3, -0.25) is 0 Å². The highest BCUT2D eigenvalue weighted by atomic mass is 15.1. The summed E-state index contributed by atoms with van der Waals surface area (Å²) in [7, 11) is 0. The molecule has 66 heavy (non-hydrogen) atoms. The highest BCUT2D eigenvalue weighted by Gasteiger charge is 2.59. The normalized spacial score (nSPS) is 20.2. The number of aryl methyl sites for hydroxylation is 1. The van der Waals surface area contributed by atoms with E-state index in [1.165, 1.54) is 100 Å². The molecule has 0 saturated carbocycles. The maximum Gasteiger partial charge on any atom is 0.0726 e. The van der Waals surface area contributed by atoms with Crippen molar-refractivity contribution < 1.29 is 0 Å². The fourth-order valence-corrected chi connectivity index (χ4v) is 13.5. The van der Waals surface area contributed by atoms with Crippen LogP contribution in [0.1, 0.15) is 75.4 Å². The molecule has 2 unspecified atom stereocenters. The molecule has 6 aliphatic rings. The number of anilines is 3. The molecule has 0 radical (unpaired) electrons. The van der Waals surface area contributed by atoms with Gasteiger partial charge >= 0.3 is 0 Å². The first-order valence-electron chi connectivity index (χ1n) is 23.4. The van der Waals surface area contributed by atoms with Crippen LogP contribution in [0.2, 0.25) is 0 Å². The third-order valence-corrected chi connectivity index (χ3v) is 16.0. The minimum absolute atomic E-state index is 0.304. The lowest BCUT2D eigenvalue weighted by Gasteiger charge is -2.45. The van der Waals surface area contributed by atoms with E-state index >= 15 is 0 Å². The lowest BCUT2D eigenvalue weighted by Crippen LogP contribution is -2.40. The standard InChI is InChI=1S/C65H45N/c1-42-31-37-52-50-20-7-4-8-26-58(50)65(60(52)40-42)59-30-16-12-24-51(59)54-25-17-39-63(2,62(54)65)43-32-34-45(35-33-43)66(44-18-5-3-6-19-44)46-36-38-53-49-23-11-15-29-57(49)64(61(53)41-46)55-27-13-9-21-47(55)48-22-10-14-28-56(48)64/h3,5-7,9-25,27-38,40-41H,26,39H2,1-2H3. The molecule has 0 amide bonds. The predicted molar refractivity (Wildman–Crippen MR) is 272 cm³/mol. The molecule has 1 heteroatoms. The molecule has 2 spiro atoms. The van der Waals surface area contributed by atoms with E-state index in [4.69, 9.17) is 0 Å². The van der Waals surface area contributed by atoms with Crippen molar-refractivity contribution in [3.63, 3.8) is 0 Å². The Morgan fingerprint density at radius 1 is 0.455 bits per heavy atom. The largest absolute Gasteiger partial charge is 0.310 e. The maximum atomic E-state index is 3.57. The molecule has 0 aliphatic heterocycles. The predicted octanol–water partition coefficient (Wildman–Crippen LogP) is 15.5. The first-order valence-corrected chi connectivity index (χ1v) is 23.4. The minimum atomic E-state index is -0.421. The number of nitrogens with zero attached hydrogens (tertiary/aromatic N) is 1. The van der Waals surface area contributed by atoms with E-state index in [9.17, 15) is 0 Å². The first-order chi connectivity index (χ1) is 32.5. The van der Waals surface area contributed by atoms with Crippen LogP contribution < -0.4 is 4.90 Å². The average Bonchev–Trinajstić information content (AvgIpc) is 3.95. The van der Waals surface area contributed by atoms with E-state index in [1.807, 2.05) is 0 Å². The van der Waals surface area contributed by atoms with Gasteiger partial charge < -0.3 is 4.90 Å². The second-order valence-corrected chi connectivity index (χ2v) is 19.1. The number of hydrogen-bond acceptors (Lipinski definition) is 1. The molecule has 0 saturated heterocycles. The Bertz CT molecular complexity index is 3560. The molecule has 0 heterocycles. The Kier molecular flexibility index (Phi) is 7.69. The Morgan fingerprint density at radius 2 is 0.985 bits per heavy atom. The van der Waals surface area contributed by atoms with Crippen molar-refractivity contribution in [3.8, 4) is 34.1 Å². The lowest BCUT2D eigenvalue weighted by molar-refractivity contribution is 0.495. The zero-order valence-electron chi connectivity index (χ0n) is 37.1. The summed E-state index contributed by atoms with van der Waals surface area (Å²) in [5.41, 5.74) is 26.6. The summed E-state index contributed by atoms with van der Waals surface area (Å²) < 4.78 is 0. The second-order valence-electron chi connectivity index (χ2n) is 19.1. The highest BCUT2D eigenvalue weighted by molar-refractivity contribution is 6.01. The molecular weight excluding hydrogens is 795 g/mol. The Balaban J connectivity index is 0.944. The van der Waals surface area contributed by atoms with Gasteiger partial charge in [-0.15, -0.1) is 0 Å². The van der Waals surface area contributed by atoms with Gasteiger partial charge in [0.25, 0.3) is 0 Å². The Labute approximate surface area is 387 Å². The van der Waals surface area contributed by atoms with E-state index < -0.39 is 10.8 Å².